The van der Waals surface area contributed by atoms with E-state index in [0.717, 1.165) is 26.2 Å². The quantitative estimate of drug-likeness (QED) is 0.655. The Kier molecular flexibility index (Phi) is 4.18. The van der Waals surface area contributed by atoms with Crippen LogP contribution in [0.4, 0.5) is 0 Å². The fraction of sp³-hybridized carbons (Fsp3) is 0.889. The fourth-order valence-electron chi connectivity index (χ4n) is 1.29. The normalized spacial score (nSPS) is 21.8. The van der Waals surface area contributed by atoms with Crippen LogP contribution >= 0.6 is 0 Å². The molecule has 1 atom stereocenters. The van der Waals surface area contributed by atoms with Crippen LogP contribution in [0.15, 0.2) is 0 Å². The van der Waals surface area contributed by atoms with E-state index in [0.29, 0.717) is 12.5 Å². The molecule has 1 amide bonds. The first-order chi connectivity index (χ1) is 6.20. The second kappa shape index (κ2) is 5.19. The molecular weight excluding hydrogens is 168 g/mol. The predicted octanol–water partition coefficient (Wildman–Crippen LogP) is -0.299. The first-order valence-corrected chi connectivity index (χ1v) is 4.68. The van der Waals surface area contributed by atoms with Gasteiger partial charge in [-0.1, -0.05) is 0 Å². The van der Waals surface area contributed by atoms with Gasteiger partial charge in [0.25, 0.3) is 0 Å². The average molecular weight is 186 g/mol. The highest BCUT2D eigenvalue weighted by Crippen LogP contribution is 2.10. The summed E-state index contributed by atoms with van der Waals surface area (Å²) < 4.78 is 5.23. The Balaban J connectivity index is 2.03. The van der Waals surface area contributed by atoms with Crippen molar-refractivity contribution in [1.29, 1.82) is 0 Å². The molecule has 13 heavy (non-hydrogen) atoms. The third kappa shape index (κ3) is 3.74. The third-order valence-corrected chi connectivity index (χ3v) is 2.23. The van der Waals surface area contributed by atoms with Crippen molar-refractivity contribution in [2.24, 2.45) is 5.92 Å². The number of hydrogen-bond donors (Lipinski definition) is 1. The number of likely N-dealkylation sites (N-methyl/N-ethyl adjacent to an activating group) is 1. The van der Waals surface area contributed by atoms with Crippen molar-refractivity contribution in [1.82, 2.24) is 10.2 Å². The van der Waals surface area contributed by atoms with Crippen molar-refractivity contribution in [2.45, 2.75) is 6.42 Å². The summed E-state index contributed by atoms with van der Waals surface area (Å²) in [4.78, 5) is 12.7. The largest absolute Gasteiger partial charge is 0.381 e. The maximum Gasteiger partial charge on any atom is 0.236 e. The summed E-state index contributed by atoms with van der Waals surface area (Å²) in [7, 11) is 3.53. The Hall–Kier alpha value is -0.610. The molecule has 1 heterocycles. The zero-order valence-corrected chi connectivity index (χ0v) is 8.38. The monoisotopic (exact) mass is 186 g/mol. The standard InChI is InChI=1S/C9H18N2O2/c1-11(2)9(12)6-10-5-8-3-4-13-7-8/h8,10H,3-7H2,1-2H3. The van der Waals surface area contributed by atoms with Crippen LogP contribution in [0.3, 0.4) is 0 Å². The van der Waals surface area contributed by atoms with Gasteiger partial charge in [-0.15, -0.1) is 0 Å². The van der Waals surface area contributed by atoms with Crippen LogP contribution in [-0.2, 0) is 9.53 Å². The summed E-state index contributed by atoms with van der Waals surface area (Å²) >= 11 is 0. The van der Waals surface area contributed by atoms with Crippen molar-refractivity contribution in [3.05, 3.63) is 0 Å². The summed E-state index contributed by atoms with van der Waals surface area (Å²) in [5.74, 6) is 0.717. The maximum absolute atomic E-state index is 11.1. The molecule has 0 bridgehead atoms. The minimum Gasteiger partial charge on any atom is -0.381 e. The van der Waals surface area contributed by atoms with Crippen molar-refractivity contribution >= 4 is 5.91 Å². The number of amides is 1. The van der Waals surface area contributed by atoms with E-state index in [-0.39, 0.29) is 5.91 Å². The number of rotatable bonds is 4. The number of nitrogens with one attached hydrogen (secondary N) is 1. The molecule has 1 saturated heterocycles. The molecule has 0 radical (unpaired) electrons. The van der Waals surface area contributed by atoms with Crippen LogP contribution < -0.4 is 5.32 Å². The molecular formula is C9H18N2O2. The Bertz CT molecular complexity index is 165. The lowest BCUT2D eigenvalue weighted by Gasteiger charge is -2.12. The summed E-state index contributed by atoms with van der Waals surface area (Å²) in [5.41, 5.74) is 0. The van der Waals surface area contributed by atoms with Gasteiger partial charge in [0.2, 0.25) is 5.91 Å². The minimum atomic E-state index is 0.124. The zero-order valence-electron chi connectivity index (χ0n) is 8.38. The molecule has 0 aromatic heterocycles. The predicted molar refractivity (Wildman–Crippen MR) is 50.5 cm³/mol. The van der Waals surface area contributed by atoms with Gasteiger partial charge in [0.1, 0.15) is 0 Å². The molecule has 76 valence electrons. The average Bonchev–Trinajstić information content (AvgIpc) is 2.56. The Morgan fingerprint density at radius 2 is 2.38 bits per heavy atom. The maximum atomic E-state index is 11.1. The van der Waals surface area contributed by atoms with E-state index in [4.69, 9.17) is 4.74 Å². The molecule has 0 saturated carbocycles. The molecule has 0 aromatic carbocycles. The lowest BCUT2D eigenvalue weighted by molar-refractivity contribution is -0.127. The van der Waals surface area contributed by atoms with Crippen molar-refractivity contribution < 1.29 is 9.53 Å². The Morgan fingerprint density at radius 3 is 2.92 bits per heavy atom. The molecule has 4 nitrogen and oxygen atoms in total. The Morgan fingerprint density at radius 1 is 1.62 bits per heavy atom. The number of ether oxygens (including phenoxy) is 1. The molecule has 1 N–H and O–H groups in total. The van der Waals surface area contributed by atoms with Crippen LogP contribution in [0, 0.1) is 5.92 Å². The molecule has 1 rings (SSSR count). The highest BCUT2D eigenvalue weighted by Gasteiger charge is 2.15. The molecule has 1 aliphatic heterocycles. The van der Waals surface area contributed by atoms with Gasteiger partial charge in [-0.2, -0.15) is 0 Å². The van der Waals surface area contributed by atoms with Gasteiger partial charge in [0, 0.05) is 27.2 Å². The van der Waals surface area contributed by atoms with Crippen molar-refractivity contribution in [3.63, 3.8) is 0 Å². The number of carbonyl (C=O) groups excluding carboxylic acids is 1. The van der Waals surface area contributed by atoms with Crippen LogP contribution in [0.5, 0.6) is 0 Å². The van der Waals surface area contributed by atoms with Crippen molar-refractivity contribution in [2.75, 3.05) is 40.4 Å². The van der Waals surface area contributed by atoms with Crippen LogP contribution in [0.1, 0.15) is 6.42 Å². The van der Waals surface area contributed by atoms with Gasteiger partial charge in [-0.3, -0.25) is 4.79 Å². The van der Waals surface area contributed by atoms with Gasteiger partial charge in [0.15, 0.2) is 0 Å². The molecule has 4 heteroatoms. The topological polar surface area (TPSA) is 41.6 Å². The highest BCUT2D eigenvalue weighted by atomic mass is 16.5. The molecule has 1 unspecified atom stereocenters. The summed E-state index contributed by atoms with van der Waals surface area (Å²) in [5, 5.41) is 3.14. The van der Waals surface area contributed by atoms with Gasteiger partial charge in [-0.05, 0) is 12.3 Å². The smallest absolute Gasteiger partial charge is 0.236 e. The molecule has 0 aromatic rings. The number of carbonyl (C=O) groups is 1. The first kappa shape index (κ1) is 10.5. The third-order valence-electron chi connectivity index (χ3n) is 2.23. The van der Waals surface area contributed by atoms with Crippen molar-refractivity contribution in [3.8, 4) is 0 Å². The van der Waals surface area contributed by atoms with E-state index in [1.807, 2.05) is 0 Å². The highest BCUT2D eigenvalue weighted by molar-refractivity contribution is 5.77. The lowest BCUT2D eigenvalue weighted by Crippen LogP contribution is -2.35. The summed E-state index contributed by atoms with van der Waals surface area (Å²) in [6.45, 7) is 3.03. The van der Waals surface area contributed by atoms with Gasteiger partial charge < -0.3 is 15.0 Å². The van der Waals surface area contributed by atoms with Crippen LogP contribution in [0.25, 0.3) is 0 Å². The zero-order chi connectivity index (χ0) is 9.68. The van der Waals surface area contributed by atoms with E-state index in [1.54, 1.807) is 19.0 Å². The second-order valence-electron chi connectivity index (χ2n) is 3.65. The van der Waals surface area contributed by atoms with Crippen LogP contribution in [0.2, 0.25) is 0 Å². The fourth-order valence-corrected chi connectivity index (χ4v) is 1.29. The number of hydrogen-bond acceptors (Lipinski definition) is 3. The van der Waals surface area contributed by atoms with E-state index >= 15 is 0 Å². The lowest BCUT2D eigenvalue weighted by atomic mass is 10.1. The first-order valence-electron chi connectivity index (χ1n) is 4.68. The molecule has 1 aliphatic rings. The summed E-state index contributed by atoms with van der Waals surface area (Å²) in [6.07, 6.45) is 1.11. The van der Waals surface area contributed by atoms with Crippen LogP contribution in [-0.4, -0.2) is 51.2 Å². The Labute approximate surface area is 79.2 Å². The van der Waals surface area contributed by atoms with E-state index in [2.05, 4.69) is 5.32 Å². The van der Waals surface area contributed by atoms with E-state index in [1.165, 1.54) is 0 Å². The second-order valence-corrected chi connectivity index (χ2v) is 3.65. The van der Waals surface area contributed by atoms with E-state index in [9.17, 15) is 4.79 Å². The molecule has 1 fully saturated rings. The number of nitrogens with zero attached hydrogens (tertiary/aromatic N) is 1. The minimum absolute atomic E-state index is 0.124. The molecule has 0 spiro atoms. The van der Waals surface area contributed by atoms with Gasteiger partial charge in [-0.25, -0.2) is 0 Å². The van der Waals surface area contributed by atoms with E-state index < -0.39 is 0 Å². The van der Waals surface area contributed by atoms with Gasteiger partial charge >= 0.3 is 0 Å². The SMILES string of the molecule is CN(C)C(=O)CNCC1CCOC1. The van der Waals surface area contributed by atoms with Gasteiger partial charge in [0.05, 0.1) is 13.2 Å². The summed E-state index contributed by atoms with van der Waals surface area (Å²) in [6, 6.07) is 0. The molecule has 0 aliphatic carbocycles.